The lowest BCUT2D eigenvalue weighted by molar-refractivity contribution is -0.387. The molecule has 0 bridgehead atoms. The monoisotopic (exact) mass is 473 g/mol. The number of hydrogen-bond acceptors (Lipinski definition) is 7. The molecule has 0 aliphatic carbocycles. The Morgan fingerprint density at radius 2 is 1.76 bits per heavy atom. The van der Waals surface area contributed by atoms with Crippen LogP contribution in [0.4, 0.5) is 10.1 Å². The molecule has 12 heteroatoms. The van der Waals surface area contributed by atoms with Gasteiger partial charge in [-0.15, -0.1) is 0 Å². The Bertz CT molecular complexity index is 1340. The standard InChI is InChI=1S/C22H24FN5O6/c1-14(33-3)26-19(20(28(31)32)21(29)27(22(26)30)15(2)34-4)10-9-16-11-24-25(12-16)13-17-7-5-6-8-18(17)23/h5-12,14-15H,13H2,1-4H3/b10-9+. The molecule has 0 spiro atoms. The summed E-state index contributed by atoms with van der Waals surface area (Å²) in [5.41, 5.74) is -2.01. The number of methoxy groups -OCH3 is 2. The molecule has 2 aromatic heterocycles. The van der Waals surface area contributed by atoms with Gasteiger partial charge in [0.15, 0.2) is 0 Å². The molecule has 0 N–H and O–H groups in total. The van der Waals surface area contributed by atoms with Crippen molar-refractivity contribution in [1.82, 2.24) is 18.9 Å². The number of aromatic nitrogens is 4. The van der Waals surface area contributed by atoms with E-state index >= 15 is 0 Å². The Labute approximate surface area is 193 Å². The van der Waals surface area contributed by atoms with Crippen LogP contribution in [0, 0.1) is 15.9 Å². The van der Waals surface area contributed by atoms with Gasteiger partial charge in [0.05, 0.1) is 17.7 Å². The molecule has 0 aliphatic rings. The third-order valence-electron chi connectivity index (χ3n) is 5.30. The first-order chi connectivity index (χ1) is 16.2. The number of benzene rings is 1. The van der Waals surface area contributed by atoms with Gasteiger partial charge in [0.1, 0.15) is 24.0 Å². The first-order valence-corrected chi connectivity index (χ1v) is 10.2. The molecule has 0 saturated heterocycles. The molecule has 11 nitrogen and oxygen atoms in total. The van der Waals surface area contributed by atoms with Crippen molar-refractivity contribution in [3.05, 3.63) is 90.2 Å². The molecule has 0 aliphatic heterocycles. The quantitative estimate of drug-likeness (QED) is 0.346. The summed E-state index contributed by atoms with van der Waals surface area (Å²) in [7, 11) is 2.61. The number of ether oxygens (including phenoxy) is 2. The molecular formula is C22H24FN5O6. The molecule has 2 unspecified atom stereocenters. The Morgan fingerprint density at radius 1 is 1.12 bits per heavy atom. The van der Waals surface area contributed by atoms with Crippen LogP contribution in [0.15, 0.2) is 46.2 Å². The zero-order chi connectivity index (χ0) is 25.0. The van der Waals surface area contributed by atoms with Crippen molar-refractivity contribution in [2.24, 2.45) is 0 Å². The van der Waals surface area contributed by atoms with Crippen molar-refractivity contribution >= 4 is 17.8 Å². The number of nitro groups is 1. The molecule has 180 valence electrons. The maximum absolute atomic E-state index is 13.9. The van der Waals surface area contributed by atoms with Crippen LogP contribution in [0.5, 0.6) is 0 Å². The first kappa shape index (κ1) is 24.7. The second kappa shape index (κ2) is 10.4. The fourth-order valence-corrected chi connectivity index (χ4v) is 3.39. The highest BCUT2D eigenvalue weighted by atomic mass is 19.1. The van der Waals surface area contributed by atoms with Crippen LogP contribution in [-0.4, -0.2) is 38.1 Å². The van der Waals surface area contributed by atoms with Gasteiger partial charge in [-0.25, -0.2) is 13.8 Å². The Morgan fingerprint density at radius 3 is 2.38 bits per heavy atom. The predicted molar refractivity (Wildman–Crippen MR) is 122 cm³/mol. The van der Waals surface area contributed by atoms with Gasteiger partial charge >= 0.3 is 16.9 Å². The van der Waals surface area contributed by atoms with E-state index < -0.39 is 34.3 Å². The Kier molecular flexibility index (Phi) is 7.54. The van der Waals surface area contributed by atoms with Crippen molar-refractivity contribution in [2.75, 3.05) is 14.2 Å². The van der Waals surface area contributed by atoms with Gasteiger partial charge < -0.3 is 9.47 Å². The fourth-order valence-electron chi connectivity index (χ4n) is 3.39. The maximum Gasteiger partial charge on any atom is 0.357 e. The minimum atomic E-state index is -1.10. The van der Waals surface area contributed by atoms with Gasteiger partial charge in [-0.05, 0) is 32.1 Å². The van der Waals surface area contributed by atoms with E-state index in [0.29, 0.717) is 15.7 Å². The summed E-state index contributed by atoms with van der Waals surface area (Å²) in [4.78, 5) is 37.0. The van der Waals surface area contributed by atoms with E-state index in [4.69, 9.17) is 9.47 Å². The third kappa shape index (κ3) is 4.87. The maximum atomic E-state index is 13.9. The van der Waals surface area contributed by atoms with Crippen molar-refractivity contribution in [1.29, 1.82) is 0 Å². The number of halogens is 1. The molecule has 3 rings (SSSR count). The summed E-state index contributed by atoms with van der Waals surface area (Å²) in [5.74, 6) is -0.367. The lowest BCUT2D eigenvalue weighted by atomic mass is 10.2. The molecular weight excluding hydrogens is 449 g/mol. The fraction of sp³-hybridized carbons (Fsp3) is 0.318. The summed E-state index contributed by atoms with van der Waals surface area (Å²) in [6.45, 7) is 3.12. The third-order valence-corrected chi connectivity index (χ3v) is 5.30. The van der Waals surface area contributed by atoms with Crippen molar-refractivity contribution in [2.45, 2.75) is 32.8 Å². The van der Waals surface area contributed by atoms with Crippen LogP contribution in [0.3, 0.4) is 0 Å². The Balaban J connectivity index is 2.10. The molecule has 0 amide bonds. The zero-order valence-corrected chi connectivity index (χ0v) is 19.0. The van der Waals surface area contributed by atoms with E-state index in [2.05, 4.69) is 5.10 Å². The summed E-state index contributed by atoms with van der Waals surface area (Å²) >= 11 is 0. The number of rotatable bonds is 9. The number of nitrogens with zero attached hydrogens (tertiary/aromatic N) is 5. The van der Waals surface area contributed by atoms with Crippen LogP contribution in [0.25, 0.3) is 12.2 Å². The van der Waals surface area contributed by atoms with Crippen LogP contribution >= 0.6 is 0 Å². The highest BCUT2D eigenvalue weighted by molar-refractivity contribution is 5.71. The van der Waals surface area contributed by atoms with E-state index in [1.54, 1.807) is 24.4 Å². The van der Waals surface area contributed by atoms with Crippen LogP contribution in [0.2, 0.25) is 0 Å². The van der Waals surface area contributed by atoms with E-state index in [1.807, 2.05) is 0 Å². The minimum absolute atomic E-state index is 0.178. The molecule has 34 heavy (non-hydrogen) atoms. The van der Waals surface area contributed by atoms with Gasteiger partial charge in [0, 0.05) is 31.5 Å². The van der Waals surface area contributed by atoms with Crippen LogP contribution < -0.4 is 11.2 Å². The molecule has 2 atom stereocenters. The zero-order valence-electron chi connectivity index (χ0n) is 19.0. The summed E-state index contributed by atoms with van der Waals surface area (Å²) in [6, 6.07) is 6.29. The molecule has 3 aromatic rings. The summed E-state index contributed by atoms with van der Waals surface area (Å²) in [6.07, 6.45) is 3.86. The Hall–Kier alpha value is -3.90. The average molecular weight is 473 g/mol. The van der Waals surface area contributed by atoms with Crippen molar-refractivity contribution in [3.8, 4) is 0 Å². The molecule has 0 radical (unpaired) electrons. The summed E-state index contributed by atoms with van der Waals surface area (Å²) in [5, 5.41) is 16.0. The smallest absolute Gasteiger partial charge is 0.357 e. The van der Waals surface area contributed by atoms with Gasteiger partial charge in [0.2, 0.25) is 0 Å². The lowest BCUT2D eigenvalue weighted by Gasteiger charge is -2.20. The topological polar surface area (TPSA) is 123 Å². The van der Waals surface area contributed by atoms with E-state index in [1.165, 1.54) is 57.2 Å². The average Bonchev–Trinajstić information content (AvgIpc) is 3.25. The second-order valence-electron chi connectivity index (χ2n) is 7.38. The highest BCUT2D eigenvalue weighted by Crippen LogP contribution is 2.20. The van der Waals surface area contributed by atoms with Crippen LogP contribution in [-0.2, 0) is 16.0 Å². The van der Waals surface area contributed by atoms with Gasteiger partial charge in [-0.2, -0.15) is 5.10 Å². The highest BCUT2D eigenvalue weighted by Gasteiger charge is 2.30. The van der Waals surface area contributed by atoms with E-state index in [-0.39, 0.29) is 18.1 Å². The SMILES string of the molecule is COC(C)n1c(/C=C/c2cnn(Cc3ccccc3F)c2)c([N+](=O)[O-])c(=O)n(C(C)OC)c1=O. The number of hydrogen-bond donors (Lipinski definition) is 0. The van der Waals surface area contributed by atoms with E-state index in [0.717, 1.165) is 4.57 Å². The lowest BCUT2D eigenvalue weighted by Crippen LogP contribution is -2.45. The van der Waals surface area contributed by atoms with Gasteiger partial charge in [-0.3, -0.25) is 24.2 Å². The largest absolute Gasteiger partial charge is 0.361 e. The van der Waals surface area contributed by atoms with E-state index in [9.17, 15) is 24.1 Å². The molecule has 1 aromatic carbocycles. The predicted octanol–water partition coefficient (Wildman–Crippen LogP) is 2.80. The molecule has 0 saturated carbocycles. The first-order valence-electron chi connectivity index (χ1n) is 10.2. The normalized spacial score (nSPS) is 13.3. The molecule has 2 heterocycles. The van der Waals surface area contributed by atoms with Gasteiger partial charge in [-0.1, -0.05) is 18.2 Å². The minimum Gasteiger partial charge on any atom is -0.361 e. The summed E-state index contributed by atoms with van der Waals surface area (Å²) < 4.78 is 27.4. The van der Waals surface area contributed by atoms with Crippen molar-refractivity contribution in [3.63, 3.8) is 0 Å². The second-order valence-corrected chi connectivity index (χ2v) is 7.38. The van der Waals surface area contributed by atoms with Crippen LogP contribution in [0.1, 0.15) is 43.1 Å². The van der Waals surface area contributed by atoms with Gasteiger partial charge in [0.25, 0.3) is 0 Å². The molecule has 0 fully saturated rings. The van der Waals surface area contributed by atoms with Crippen molar-refractivity contribution < 1.29 is 18.8 Å².